The highest BCUT2D eigenvalue weighted by molar-refractivity contribution is 6.01. The zero-order chi connectivity index (χ0) is 27.5. The average molecular weight is 509 g/mol. The van der Waals surface area contributed by atoms with E-state index in [1.54, 1.807) is 0 Å². The van der Waals surface area contributed by atoms with Crippen LogP contribution in [0.15, 0.2) is 6.07 Å². The summed E-state index contributed by atoms with van der Waals surface area (Å²) in [4.78, 5) is 50.8. The first-order valence-electron chi connectivity index (χ1n) is 14.7. The third kappa shape index (κ3) is 6.86. The van der Waals surface area contributed by atoms with Crippen molar-refractivity contribution in [2.24, 2.45) is 23.2 Å². The van der Waals surface area contributed by atoms with Crippen molar-refractivity contribution < 1.29 is 19.2 Å². The number of fused-ring (bicyclic) bond motifs is 1. The van der Waals surface area contributed by atoms with Gasteiger partial charge in [0.2, 0.25) is 0 Å². The topological polar surface area (TPSA) is 68.3 Å². The third-order valence-electron chi connectivity index (χ3n) is 9.14. The number of carbonyl (C=O) groups excluding carboxylic acids is 4. The molecule has 1 saturated carbocycles. The lowest BCUT2D eigenvalue weighted by atomic mass is 9.70. The molecule has 0 bridgehead atoms. The predicted molar refractivity (Wildman–Crippen MR) is 149 cm³/mol. The molecule has 0 saturated heterocycles. The molecule has 1 aromatic carbocycles. The van der Waals surface area contributed by atoms with Crippen LogP contribution in [0.2, 0.25) is 0 Å². The van der Waals surface area contributed by atoms with Crippen molar-refractivity contribution in [3.05, 3.63) is 33.9 Å². The molecule has 0 amide bonds. The molecular formula is C33H48O4. The van der Waals surface area contributed by atoms with E-state index in [0.29, 0.717) is 31.0 Å². The van der Waals surface area contributed by atoms with Crippen LogP contribution in [-0.2, 0) is 27.2 Å². The summed E-state index contributed by atoms with van der Waals surface area (Å²) in [6.07, 6.45) is 8.20. The van der Waals surface area contributed by atoms with Crippen molar-refractivity contribution >= 4 is 23.1 Å². The second-order valence-corrected chi connectivity index (χ2v) is 12.6. The molecule has 0 aromatic heterocycles. The maximum Gasteiger partial charge on any atom is 0.163 e. The van der Waals surface area contributed by atoms with Crippen LogP contribution >= 0.6 is 0 Å². The SMILES string of the molecule is CCCC(CC1CC(=O)c2c(C)c(CCC(=O)C3(C)CC3)cc(C(C)C)c2C1)C(CC)C(=O)CC(C)=O. The van der Waals surface area contributed by atoms with Gasteiger partial charge in [-0.2, -0.15) is 0 Å². The number of Topliss-reactive ketones (excluding diaryl/α,β-unsaturated/α-hetero) is 4. The van der Waals surface area contributed by atoms with Gasteiger partial charge in [-0.25, -0.2) is 0 Å². The minimum absolute atomic E-state index is 0.0201. The van der Waals surface area contributed by atoms with Gasteiger partial charge in [0.05, 0.1) is 6.42 Å². The summed E-state index contributed by atoms with van der Waals surface area (Å²) in [6, 6.07) is 2.27. The van der Waals surface area contributed by atoms with Gasteiger partial charge < -0.3 is 0 Å². The summed E-state index contributed by atoms with van der Waals surface area (Å²) in [6.45, 7) is 14.2. The molecule has 37 heavy (non-hydrogen) atoms. The Morgan fingerprint density at radius 3 is 2.32 bits per heavy atom. The Kier molecular flexibility index (Phi) is 9.69. The molecule has 0 N–H and O–H groups in total. The highest BCUT2D eigenvalue weighted by Gasteiger charge is 2.43. The molecule has 204 valence electrons. The van der Waals surface area contributed by atoms with E-state index in [4.69, 9.17) is 0 Å². The van der Waals surface area contributed by atoms with Gasteiger partial charge in [0.15, 0.2) is 5.78 Å². The van der Waals surface area contributed by atoms with E-state index >= 15 is 0 Å². The zero-order valence-corrected chi connectivity index (χ0v) is 24.3. The number of carbonyl (C=O) groups is 4. The van der Waals surface area contributed by atoms with Crippen LogP contribution in [-0.4, -0.2) is 23.1 Å². The molecular weight excluding hydrogens is 460 g/mol. The second-order valence-electron chi connectivity index (χ2n) is 12.6. The van der Waals surface area contributed by atoms with Crippen LogP contribution in [0, 0.1) is 30.1 Å². The molecule has 4 heteroatoms. The highest BCUT2D eigenvalue weighted by atomic mass is 16.1. The fourth-order valence-corrected chi connectivity index (χ4v) is 6.68. The Balaban J connectivity index is 1.86. The number of benzene rings is 1. The van der Waals surface area contributed by atoms with E-state index in [1.165, 1.54) is 18.1 Å². The van der Waals surface area contributed by atoms with Crippen LogP contribution in [0.25, 0.3) is 0 Å². The summed E-state index contributed by atoms with van der Waals surface area (Å²) < 4.78 is 0. The molecule has 1 fully saturated rings. The van der Waals surface area contributed by atoms with E-state index in [-0.39, 0.29) is 46.9 Å². The molecule has 2 aliphatic carbocycles. The average Bonchev–Trinajstić information content (AvgIpc) is 3.56. The fraction of sp³-hybridized carbons (Fsp3) is 0.697. The smallest absolute Gasteiger partial charge is 0.163 e. The minimum Gasteiger partial charge on any atom is -0.300 e. The normalized spacial score (nSPS) is 19.9. The first-order chi connectivity index (χ1) is 17.4. The Morgan fingerprint density at radius 2 is 1.78 bits per heavy atom. The lowest BCUT2D eigenvalue weighted by molar-refractivity contribution is -0.130. The number of rotatable bonds is 14. The maximum absolute atomic E-state index is 13.6. The van der Waals surface area contributed by atoms with E-state index in [0.717, 1.165) is 61.6 Å². The molecule has 3 rings (SSSR count). The lowest BCUT2D eigenvalue weighted by Gasteiger charge is -2.33. The van der Waals surface area contributed by atoms with E-state index in [2.05, 4.69) is 40.7 Å². The largest absolute Gasteiger partial charge is 0.300 e. The van der Waals surface area contributed by atoms with Crippen molar-refractivity contribution in [2.45, 2.75) is 125 Å². The van der Waals surface area contributed by atoms with Crippen molar-refractivity contribution in [3.63, 3.8) is 0 Å². The van der Waals surface area contributed by atoms with Crippen LogP contribution < -0.4 is 0 Å². The van der Waals surface area contributed by atoms with Gasteiger partial charge in [-0.1, -0.05) is 53.5 Å². The number of aryl methyl sites for hydroxylation is 1. The first-order valence-corrected chi connectivity index (χ1v) is 14.7. The summed E-state index contributed by atoms with van der Waals surface area (Å²) in [5, 5.41) is 0. The highest BCUT2D eigenvalue weighted by Crippen LogP contribution is 2.47. The second kappa shape index (κ2) is 12.2. The summed E-state index contributed by atoms with van der Waals surface area (Å²) >= 11 is 0. The van der Waals surface area contributed by atoms with Gasteiger partial charge in [0, 0.05) is 29.7 Å². The fourth-order valence-electron chi connectivity index (χ4n) is 6.68. The van der Waals surface area contributed by atoms with Crippen molar-refractivity contribution in [1.82, 2.24) is 0 Å². The molecule has 1 aromatic rings. The van der Waals surface area contributed by atoms with Crippen LogP contribution in [0.1, 0.15) is 138 Å². The van der Waals surface area contributed by atoms with Gasteiger partial charge in [0.1, 0.15) is 17.3 Å². The molecule has 3 unspecified atom stereocenters. The van der Waals surface area contributed by atoms with E-state index in [9.17, 15) is 19.2 Å². The van der Waals surface area contributed by atoms with Crippen LogP contribution in [0.3, 0.4) is 0 Å². The monoisotopic (exact) mass is 508 g/mol. The Labute approximate surface area is 224 Å². The van der Waals surface area contributed by atoms with Gasteiger partial charge in [-0.15, -0.1) is 0 Å². The molecule has 2 aliphatic rings. The number of hydrogen-bond acceptors (Lipinski definition) is 4. The molecule has 0 spiro atoms. The van der Waals surface area contributed by atoms with Crippen LogP contribution in [0.4, 0.5) is 0 Å². The first kappa shape index (κ1) is 29.5. The van der Waals surface area contributed by atoms with Gasteiger partial charge in [-0.3, -0.25) is 19.2 Å². The number of ketones is 4. The van der Waals surface area contributed by atoms with E-state index < -0.39 is 0 Å². The van der Waals surface area contributed by atoms with Crippen molar-refractivity contribution in [1.29, 1.82) is 0 Å². The zero-order valence-electron chi connectivity index (χ0n) is 24.3. The Bertz CT molecular complexity index is 1040. The molecule has 4 nitrogen and oxygen atoms in total. The predicted octanol–water partition coefficient (Wildman–Crippen LogP) is 7.55. The standard InChI is InChI=1S/C33H48O4/c1-8-10-25(26(9-2)29(35)15-21(5)34)16-23-17-28-27(20(3)4)19-24(22(6)32(28)30(36)18-23)11-12-31(37)33(7)13-14-33/h19-20,23,25-26H,8-18H2,1-7H3. The summed E-state index contributed by atoms with van der Waals surface area (Å²) in [7, 11) is 0. The molecule has 0 radical (unpaired) electrons. The molecule has 3 atom stereocenters. The molecule has 0 aliphatic heterocycles. The van der Waals surface area contributed by atoms with Crippen molar-refractivity contribution in [2.75, 3.05) is 0 Å². The lowest BCUT2D eigenvalue weighted by Crippen LogP contribution is -2.30. The third-order valence-corrected chi connectivity index (χ3v) is 9.14. The minimum atomic E-state index is -0.111. The van der Waals surface area contributed by atoms with Crippen LogP contribution in [0.5, 0.6) is 0 Å². The number of hydrogen-bond donors (Lipinski definition) is 0. The summed E-state index contributed by atoms with van der Waals surface area (Å²) in [5.41, 5.74) is 5.43. The summed E-state index contributed by atoms with van der Waals surface area (Å²) in [5.74, 6) is 1.17. The van der Waals surface area contributed by atoms with Crippen molar-refractivity contribution in [3.8, 4) is 0 Å². The maximum atomic E-state index is 13.6. The Morgan fingerprint density at radius 1 is 1.11 bits per heavy atom. The van der Waals surface area contributed by atoms with Gasteiger partial charge in [0.25, 0.3) is 0 Å². The quantitative estimate of drug-likeness (QED) is 0.243. The van der Waals surface area contributed by atoms with E-state index in [1.807, 2.05) is 6.92 Å². The van der Waals surface area contributed by atoms with Gasteiger partial charge in [-0.05, 0) is 92.4 Å². The van der Waals surface area contributed by atoms with Gasteiger partial charge >= 0.3 is 0 Å². The molecule has 0 heterocycles. The Hall–Kier alpha value is -2.10.